The zero-order chi connectivity index (χ0) is 18.5. The number of rotatable bonds is 5. The van der Waals surface area contributed by atoms with E-state index >= 15 is 0 Å². The molecular formula is C19H21N3O4. The van der Waals surface area contributed by atoms with Crippen LogP contribution in [0.15, 0.2) is 48.5 Å². The minimum atomic E-state index is -0.518. The number of ether oxygens (including phenoxy) is 1. The van der Waals surface area contributed by atoms with Crippen LogP contribution in [0.25, 0.3) is 0 Å². The van der Waals surface area contributed by atoms with Crippen LogP contribution in [0, 0.1) is 16.0 Å². The lowest BCUT2D eigenvalue weighted by Gasteiger charge is -2.33. The summed E-state index contributed by atoms with van der Waals surface area (Å²) < 4.78 is 5.01. The Balaban J connectivity index is 1.64. The first-order valence-electron chi connectivity index (χ1n) is 8.52. The second-order valence-electron chi connectivity index (χ2n) is 6.23. The Kier molecular flexibility index (Phi) is 5.36. The molecule has 7 heteroatoms. The molecule has 1 N–H and O–H groups in total. The topological polar surface area (TPSA) is 84.7 Å². The van der Waals surface area contributed by atoms with Gasteiger partial charge in [-0.05, 0) is 37.1 Å². The number of carbonyl (C=O) groups excluding carboxylic acids is 1. The van der Waals surface area contributed by atoms with E-state index in [1.165, 1.54) is 19.2 Å². The number of piperidine rings is 1. The molecule has 0 bridgehead atoms. The largest absolute Gasteiger partial charge is 0.496 e. The molecule has 2 aromatic carbocycles. The molecule has 1 aliphatic heterocycles. The fourth-order valence-corrected chi connectivity index (χ4v) is 3.17. The van der Waals surface area contributed by atoms with Gasteiger partial charge in [-0.15, -0.1) is 0 Å². The molecule has 2 aromatic rings. The maximum absolute atomic E-state index is 12.6. The van der Waals surface area contributed by atoms with Crippen molar-refractivity contribution in [1.29, 1.82) is 0 Å². The van der Waals surface area contributed by atoms with E-state index in [4.69, 9.17) is 4.74 Å². The van der Waals surface area contributed by atoms with Crippen molar-refractivity contribution < 1.29 is 14.5 Å². The minimum Gasteiger partial charge on any atom is -0.496 e. The van der Waals surface area contributed by atoms with Crippen molar-refractivity contribution in [3.63, 3.8) is 0 Å². The first-order chi connectivity index (χ1) is 12.6. The smallest absolute Gasteiger partial charge is 0.296 e. The van der Waals surface area contributed by atoms with Crippen molar-refractivity contribution in [2.45, 2.75) is 12.8 Å². The summed E-state index contributed by atoms with van der Waals surface area (Å²) in [5.41, 5.74) is 1.18. The maximum atomic E-state index is 12.6. The van der Waals surface area contributed by atoms with Crippen molar-refractivity contribution >= 4 is 23.0 Å². The standard InChI is InChI=1S/C19H21N3O4/c1-26-16-7-8-17(18(13-16)22(24)25)20-19(23)14-9-11-21(12-10-14)15-5-3-2-4-6-15/h2-8,13-14H,9-12H2,1H3,(H,20,23). The van der Waals surface area contributed by atoms with Crippen LogP contribution >= 0.6 is 0 Å². The van der Waals surface area contributed by atoms with Gasteiger partial charge in [-0.2, -0.15) is 0 Å². The van der Waals surface area contributed by atoms with E-state index in [-0.39, 0.29) is 23.2 Å². The number of hydrogen-bond donors (Lipinski definition) is 1. The molecule has 7 nitrogen and oxygen atoms in total. The Hall–Kier alpha value is -3.09. The highest BCUT2D eigenvalue weighted by atomic mass is 16.6. The van der Waals surface area contributed by atoms with Crippen LogP contribution in [0.3, 0.4) is 0 Å². The summed E-state index contributed by atoms with van der Waals surface area (Å²) in [6, 6.07) is 14.5. The molecule has 1 heterocycles. The SMILES string of the molecule is COc1ccc(NC(=O)C2CCN(c3ccccc3)CC2)c([N+](=O)[O-])c1. The number of nitro groups is 1. The molecule has 1 saturated heterocycles. The second kappa shape index (κ2) is 7.86. The fraction of sp³-hybridized carbons (Fsp3) is 0.316. The van der Waals surface area contributed by atoms with Crippen molar-refractivity contribution in [3.05, 3.63) is 58.6 Å². The van der Waals surface area contributed by atoms with E-state index in [1.807, 2.05) is 18.2 Å². The van der Waals surface area contributed by atoms with E-state index in [9.17, 15) is 14.9 Å². The van der Waals surface area contributed by atoms with Gasteiger partial charge in [0.2, 0.25) is 5.91 Å². The molecule has 0 saturated carbocycles. The Bertz CT molecular complexity index is 787. The summed E-state index contributed by atoms with van der Waals surface area (Å²) in [5, 5.41) is 14.0. The van der Waals surface area contributed by atoms with Crippen LogP contribution in [0.4, 0.5) is 17.1 Å². The molecule has 1 amide bonds. The summed E-state index contributed by atoms with van der Waals surface area (Å²) in [6.07, 6.45) is 1.43. The number of benzene rings is 2. The van der Waals surface area contributed by atoms with Gasteiger partial charge < -0.3 is 15.0 Å². The van der Waals surface area contributed by atoms with Crippen LogP contribution in [0.1, 0.15) is 12.8 Å². The van der Waals surface area contributed by atoms with Crippen LogP contribution < -0.4 is 15.0 Å². The minimum absolute atomic E-state index is 0.156. The number of anilines is 2. The number of carbonyl (C=O) groups is 1. The highest BCUT2D eigenvalue weighted by molar-refractivity contribution is 5.95. The molecule has 0 aromatic heterocycles. The lowest BCUT2D eigenvalue weighted by atomic mass is 9.95. The Morgan fingerprint density at radius 1 is 1.19 bits per heavy atom. The van der Waals surface area contributed by atoms with E-state index < -0.39 is 4.92 Å². The van der Waals surface area contributed by atoms with Crippen molar-refractivity contribution in [2.24, 2.45) is 5.92 Å². The highest BCUT2D eigenvalue weighted by Crippen LogP contribution is 2.30. The number of hydrogen-bond acceptors (Lipinski definition) is 5. The van der Waals surface area contributed by atoms with Gasteiger partial charge in [0.05, 0.1) is 18.1 Å². The third-order valence-electron chi connectivity index (χ3n) is 4.65. The maximum Gasteiger partial charge on any atom is 0.296 e. The third-order valence-corrected chi connectivity index (χ3v) is 4.65. The van der Waals surface area contributed by atoms with E-state index in [2.05, 4.69) is 22.3 Å². The number of amides is 1. The van der Waals surface area contributed by atoms with Gasteiger partial charge in [0, 0.05) is 24.7 Å². The third kappa shape index (κ3) is 3.93. The molecular weight excluding hydrogens is 334 g/mol. The number of para-hydroxylation sites is 1. The van der Waals surface area contributed by atoms with Crippen LogP contribution in [0.5, 0.6) is 5.75 Å². The molecule has 0 unspecified atom stereocenters. The molecule has 3 rings (SSSR count). The van der Waals surface area contributed by atoms with E-state index in [0.29, 0.717) is 18.6 Å². The summed E-state index contributed by atoms with van der Waals surface area (Å²) in [5.74, 6) is 0.0496. The van der Waals surface area contributed by atoms with Gasteiger partial charge in [-0.25, -0.2) is 0 Å². The van der Waals surface area contributed by atoms with Gasteiger partial charge in [0.15, 0.2) is 0 Å². The number of nitrogens with zero attached hydrogens (tertiary/aromatic N) is 2. The van der Waals surface area contributed by atoms with Crippen LogP contribution in [-0.2, 0) is 4.79 Å². The molecule has 1 fully saturated rings. The van der Waals surface area contributed by atoms with Gasteiger partial charge >= 0.3 is 0 Å². The average molecular weight is 355 g/mol. The first kappa shape index (κ1) is 17.7. The van der Waals surface area contributed by atoms with E-state index in [1.54, 1.807) is 6.07 Å². The zero-order valence-electron chi connectivity index (χ0n) is 14.6. The normalized spacial score (nSPS) is 14.7. The second-order valence-corrected chi connectivity index (χ2v) is 6.23. The Morgan fingerprint density at radius 2 is 1.88 bits per heavy atom. The number of nitrogens with one attached hydrogen (secondary N) is 1. The molecule has 26 heavy (non-hydrogen) atoms. The monoisotopic (exact) mass is 355 g/mol. The first-order valence-corrected chi connectivity index (χ1v) is 8.52. The van der Waals surface area contributed by atoms with Gasteiger partial charge in [0.25, 0.3) is 5.69 Å². The summed E-state index contributed by atoms with van der Waals surface area (Å²) in [7, 11) is 1.44. The zero-order valence-corrected chi connectivity index (χ0v) is 14.6. The van der Waals surface area contributed by atoms with Crippen LogP contribution in [-0.4, -0.2) is 31.0 Å². The lowest BCUT2D eigenvalue weighted by molar-refractivity contribution is -0.384. The molecule has 0 radical (unpaired) electrons. The molecule has 0 aliphatic carbocycles. The Labute approximate surface area is 151 Å². The average Bonchev–Trinajstić information content (AvgIpc) is 2.69. The molecule has 0 spiro atoms. The molecule has 136 valence electrons. The van der Waals surface area contributed by atoms with E-state index in [0.717, 1.165) is 18.8 Å². The lowest BCUT2D eigenvalue weighted by Crippen LogP contribution is -2.38. The summed E-state index contributed by atoms with van der Waals surface area (Å²) in [6.45, 7) is 1.57. The number of methoxy groups -OCH3 is 1. The van der Waals surface area contributed by atoms with Crippen molar-refractivity contribution in [2.75, 3.05) is 30.4 Å². The van der Waals surface area contributed by atoms with Crippen molar-refractivity contribution in [3.8, 4) is 5.75 Å². The van der Waals surface area contributed by atoms with Gasteiger partial charge in [-0.3, -0.25) is 14.9 Å². The molecule has 1 aliphatic rings. The van der Waals surface area contributed by atoms with Crippen LogP contribution in [0.2, 0.25) is 0 Å². The predicted molar refractivity (Wildman–Crippen MR) is 99.7 cm³/mol. The quantitative estimate of drug-likeness (QED) is 0.656. The summed E-state index contributed by atoms with van der Waals surface area (Å²) >= 11 is 0. The molecule has 0 atom stereocenters. The number of nitro benzene ring substituents is 1. The summed E-state index contributed by atoms with van der Waals surface area (Å²) in [4.78, 5) is 25.5. The van der Waals surface area contributed by atoms with Gasteiger partial charge in [0.1, 0.15) is 11.4 Å². The highest BCUT2D eigenvalue weighted by Gasteiger charge is 2.27. The Morgan fingerprint density at radius 3 is 2.50 bits per heavy atom. The van der Waals surface area contributed by atoms with Gasteiger partial charge in [-0.1, -0.05) is 18.2 Å². The fourth-order valence-electron chi connectivity index (χ4n) is 3.17. The predicted octanol–water partition coefficient (Wildman–Crippen LogP) is 3.46. The van der Waals surface area contributed by atoms with Crippen molar-refractivity contribution in [1.82, 2.24) is 0 Å².